The standard InChI is InChI=1S/C8H2Br4S2.C4H2Br2S/c9-3-1-5(13-7(3)11)6-2-4(10)8(12)14-6;5-3-1-2-7-4(3)6/h1-2H;1-2H. The lowest BCUT2D eigenvalue weighted by Crippen LogP contribution is -1.57. The van der Waals surface area contributed by atoms with Gasteiger partial charge in [-0.05, 0) is 119 Å². The van der Waals surface area contributed by atoms with E-state index >= 15 is 0 Å². The SMILES string of the molecule is Brc1cc(-c2cc(Br)c(Br)s2)sc1Br.Brc1ccsc1Br. The molecule has 0 aromatic carbocycles. The molecule has 9 heteroatoms. The highest BCUT2D eigenvalue weighted by atomic mass is 79.9. The average molecular weight is 724 g/mol. The van der Waals surface area contributed by atoms with Crippen molar-refractivity contribution in [2.24, 2.45) is 0 Å². The highest BCUT2D eigenvalue weighted by Crippen LogP contribution is 2.44. The smallest absolute Gasteiger partial charge is 0.0847 e. The Labute approximate surface area is 185 Å². The Morgan fingerprint density at radius 1 is 0.619 bits per heavy atom. The minimum atomic E-state index is 1.11. The fourth-order valence-electron chi connectivity index (χ4n) is 1.21. The topological polar surface area (TPSA) is 0 Å². The quantitative estimate of drug-likeness (QED) is 0.235. The Bertz CT molecular complexity index is 642. The summed E-state index contributed by atoms with van der Waals surface area (Å²) in [4.78, 5) is 2.53. The molecule has 0 N–H and O–H groups in total. The van der Waals surface area contributed by atoms with Gasteiger partial charge in [0.2, 0.25) is 0 Å². The molecule has 0 fully saturated rings. The third-order valence-electron chi connectivity index (χ3n) is 2.11. The number of hydrogen-bond donors (Lipinski definition) is 0. The van der Waals surface area contributed by atoms with E-state index in [4.69, 9.17) is 0 Å². The highest BCUT2D eigenvalue weighted by molar-refractivity contribution is 9.14. The second-order valence-electron chi connectivity index (χ2n) is 3.51. The van der Waals surface area contributed by atoms with Crippen molar-refractivity contribution in [3.63, 3.8) is 0 Å². The van der Waals surface area contributed by atoms with E-state index in [9.17, 15) is 0 Å². The molecule has 3 aromatic heterocycles. The van der Waals surface area contributed by atoms with Crippen LogP contribution >= 0.6 is 130 Å². The summed E-state index contributed by atoms with van der Waals surface area (Å²) < 4.78 is 6.78. The Balaban J connectivity index is 0.000000194. The van der Waals surface area contributed by atoms with E-state index in [2.05, 4.69) is 108 Å². The van der Waals surface area contributed by atoms with Crippen molar-refractivity contribution in [3.05, 3.63) is 48.4 Å². The van der Waals surface area contributed by atoms with Gasteiger partial charge in [0.25, 0.3) is 0 Å². The van der Waals surface area contributed by atoms with Crippen LogP contribution in [0, 0.1) is 0 Å². The molecule has 0 aliphatic carbocycles. The van der Waals surface area contributed by atoms with Crippen LogP contribution in [0.3, 0.4) is 0 Å². The van der Waals surface area contributed by atoms with Crippen LogP contribution in [-0.4, -0.2) is 0 Å². The zero-order valence-electron chi connectivity index (χ0n) is 9.80. The summed E-state index contributed by atoms with van der Waals surface area (Å²) >= 11 is 25.7. The maximum atomic E-state index is 3.49. The summed E-state index contributed by atoms with van der Waals surface area (Å²) in [5, 5.41) is 2.02. The highest BCUT2D eigenvalue weighted by Gasteiger charge is 2.10. The molecule has 0 unspecified atom stereocenters. The van der Waals surface area contributed by atoms with E-state index in [1.165, 1.54) is 9.75 Å². The molecule has 0 saturated carbocycles. The van der Waals surface area contributed by atoms with Crippen LogP contribution in [0.2, 0.25) is 0 Å². The van der Waals surface area contributed by atoms with Crippen LogP contribution in [0.1, 0.15) is 0 Å². The molecule has 0 aliphatic heterocycles. The van der Waals surface area contributed by atoms with Gasteiger partial charge in [0.1, 0.15) is 0 Å². The van der Waals surface area contributed by atoms with Crippen molar-refractivity contribution >= 4 is 130 Å². The first-order chi connectivity index (χ1) is 9.88. The van der Waals surface area contributed by atoms with Gasteiger partial charge >= 0.3 is 0 Å². The maximum absolute atomic E-state index is 3.49. The Morgan fingerprint density at radius 3 is 1.29 bits per heavy atom. The predicted molar refractivity (Wildman–Crippen MR) is 118 cm³/mol. The molecular weight excluding hydrogens is 720 g/mol. The second-order valence-corrected chi connectivity index (χ2v) is 13.0. The average Bonchev–Trinajstić information content (AvgIpc) is 3.06. The first kappa shape index (κ1) is 19.3. The van der Waals surface area contributed by atoms with Gasteiger partial charge in [-0.1, -0.05) is 0 Å². The van der Waals surface area contributed by atoms with Gasteiger partial charge in [0, 0.05) is 23.2 Å². The van der Waals surface area contributed by atoms with Crippen molar-refractivity contribution in [1.82, 2.24) is 0 Å². The third-order valence-corrected chi connectivity index (χ3v) is 12.0. The molecule has 0 bridgehead atoms. The molecule has 0 radical (unpaired) electrons. The van der Waals surface area contributed by atoms with Crippen molar-refractivity contribution in [1.29, 1.82) is 0 Å². The van der Waals surface area contributed by atoms with Gasteiger partial charge in [-0.3, -0.25) is 0 Å². The monoisotopic (exact) mass is 717 g/mol. The summed E-state index contributed by atoms with van der Waals surface area (Å²) in [6, 6.07) is 6.26. The van der Waals surface area contributed by atoms with Crippen LogP contribution in [0.5, 0.6) is 0 Å². The molecule has 0 aliphatic rings. The van der Waals surface area contributed by atoms with Gasteiger partial charge in [0.15, 0.2) is 0 Å². The van der Waals surface area contributed by atoms with E-state index in [1.807, 2.05) is 11.4 Å². The molecule has 3 aromatic rings. The predicted octanol–water partition coefficient (Wildman–Crippen LogP) is 9.80. The summed E-state index contributed by atoms with van der Waals surface area (Å²) in [5.74, 6) is 0. The van der Waals surface area contributed by atoms with E-state index < -0.39 is 0 Å². The molecule has 3 rings (SSSR count). The summed E-state index contributed by atoms with van der Waals surface area (Å²) in [7, 11) is 0. The summed E-state index contributed by atoms with van der Waals surface area (Å²) in [6.07, 6.45) is 0. The maximum Gasteiger partial charge on any atom is 0.0847 e. The summed E-state index contributed by atoms with van der Waals surface area (Å²) in [6.45, 7) is 0. The van der Waals surface area contributed by atoms with Crippen molar-refractivity contribution in [2.45, 2.75) is 0 Å². The van der Waals surface area contributed by atoms with Gasteiger partial charge in [0.05, 0.1) is 11.4 Å². The number of thiophene rings is 3. The largest absolute Gasteiger partial charge is 0.136 e. The van der Waals surface area contributed by atoms with Gasteiger partial charge in [-0.25, -0.2) is 0 Å². The fraction of sp³-hybridized carbons (Fsp3) is 0. The molecule has 112 valence electrons. The molecule has 0 spiro atoms. The zero-order valence-corrected chi connectivity index (χ0v) is 21.8. The second kappa shape index (κ2) is 8.89. The van der Waals surface area contributed by atoms with Gasteiger partial charge in [-0.2, -0.15) is 0 Å². The molecular formula is C12H4Br6S3. The van der Waals surface area contributed by atoms with Crippen LogP contribution in [0.15, 0.2) is 48.4 Å². The van der Waals surface area contributed by atoms with Crippen molar-refractivity contribution in [2.75, 3.05) is 0 Å². The minimum Gasteiger partial charge on any atom is -0.136 e. The number of rotatable bonds is 1. The lowest BCUT2D eigenvalue weighted by molar-refractivity contribution is 1.80. The van der Waals surface area contributed by atoms with E-state index in [0.717, 1.165) is 24.8 Å². The van der Waals surface area contributed by atoms with E-state index in [-0.39, 0.29) is 0 Å². The molecule has 0 saturated heterocycles. The zero-order chi connectivity index (χ0) is 15.6. The van der Waals surface area contributed by atoms with Gasteiger partial charge < -0.3 is 0 Å². The molecule has 0 atom stereocenters. The first-order valence-electron chi connectivity index (χ1n) is 5.17. The Kier molecular flexibility index (Phi) is 8.18. The molecule has 21 heavy (non-hydrogen) atoms. The van der Waals surface area contributed by atoms with E-state index in [0.29, 0.717) is 0 Å². The fourth-order valence-corrected chi connectivity index (χ4v) is 6.90. The van der Waals surface area contributed by atoms with Crippen LogP contribution in [0.25, 0.3) is 9.75 Å². The van der Waals surface area contributed by atoms with E-state index in [1.54, 1.807) is 34.0 Å². The third kappa shape index (κ3) is 5.49. The van der Waals surface area contributed by atoms with Crippen molar-refractivity contribution < 1.29 is 0 Å². The Morgan fingerprint density at radius 2 is 1.10 bits per heavy atom. The van der Waals surface area contributed by atoms with Crippen LogP contribution in [-0.2, 0) is 0 Å². The normalized spacial score (nSPS) is 10.4. The minimum absolute atomic E-state index is 1.11. The molecule has 0 nitrogen and oxygen atoms in total. The lowest BCUT2D eigenvalue weighted by Gasteiger charge is -1.86. The van der Waals surface area contributed by atoms with Gasteiger partial charge in [-0.15, -0.1) is 34.0 Å². The molecule has 0 amide bonds. The first-order valence-corrected chi connectivity index (χ1v) is 12.4. The van der Waals surface area contributed by atoms with Crippen molar-refractivity contribution in [3.8, 4) is 9.75 Å². The van der Waals surface area contributed by atoms with Crippen LogP contribution < -0.4 is 0 Å². The lowest BCUT2D eigenvalue weighted by atomic mass is 10.4. The molecule has 3 heterocycles. The Hall–Kier alpha value is 1.98. The number of halogens is 6. The van der Waals surface area contributed by atoms with Crippen LogP contribution in [0.4, 0.5) is 0 Å². The summed E-state index contributed by atoms with van der Waals surface area (Å²) in [5.41, 5.74) is 0. The number of hydrogen-bond acceptors (Lipinski definition) is 3.